The van der Waals surface area contributed by atoms with Crippen LogP contribution in [0.2, 0.25) is 5.02 Å². The molecule has 0 unspecified atom stereocenters. The number of rotatable bonds is 4. The Balaban J connectivity index is 2.25. The van der Waals surface area contributed by atoms with Gasteiger partial charge in [0.05, 0.1) is 11.3 Å². The SMILES string of the molecule is Cc1cc(-c2ccc(Cl)cc2)cc(C)c1C1=C(OC(=O)C(C)C)C(C)(C)C(C)(C)OC1=O. The zero-order chi connectivity index (χ0) is 24.0. The number of aryl methyl sites for hydroxylation is 2. The van der Waals surface area contributed by atoms with Gasteiger partial charge in [0.1, 0.15) is 16.9 Å². The predicted molar refractivity (Wildman–Crippen MR) is 128 cm³/mol. The molecule has 170 valence electrons. The maximum Gasteiger partial charge on any atom is 0.342 e. The van der Waals surface area contributed by atoms with Gasteiger partial charge in [-0.05, 0) is 81.5 Å². The van der Waals surface area contributed by atoms with Crippen LogP contribution >= 0.6 is 11.6 Å². The smallest absolute Gasteiger partial charge is 0.342 e. The van der Waals surface area contributed by atoms with Gasteiger partial charge >= 0.3 is 11.9 Å². The van der Waals surface area contributed by atoms with Crippen LogP contribution < -0.4 is 0 Å². The molecule has 1 aliphatic rings. The zero-order valence-corrected chi connectivity index (χ0v) is 20.8. The summed E-state index contributed by atoms with van der Waals surface area (Å²) in [6.07, 6.45) is 0. The van der Waals surface area contributed by atoms with Crippen molar-refractivity contribution in [3.05, 3.63) is 63.9 Å². The molecule has 0 amide bonds. The fourth-order valence-corrected chi connectivity index (χ4v) is 3.99. The first-order valence-corrected chi connectivity index (χ1v) is 11.2. The standard InChI is InChI=1S/C27H31ClO4/c1-15(2)24(29)31-23-22(25(30)32-27(7,8)26(23,5)6)21-16(3)13-19(14-17(21)4)18-9-11-20(28)12-10-18/h9-15H,1-8H3. The van der Waals surface area contributed by atoms with Crippen LogP contribution in [0, 0.1) is 25.2 Å². The highest BCUT2D eigenvalue weighted by Gasteiger charge is 2.52. The lowest BCUT2D eigenvalue weighted by Gasteiger charge is -2.46. The van der Waals surface area contributed by atoms with E-state index < -0.39 is 17.0 Å². The van der Waals surface area contributed by atoms with E-state index in [-0.39, 0.29) is 11.9 Å². The average molecular weight is 455 g/mol. The minimum atomic E-state index is -0.842. The molecule has 0 radical (unpaired) electrons. The molecule has 0 aromatic heterocycles. The Bertz CT molecular complexity index is 1080. The van der Waals surface area contributed by atoms with Crippen LogP contribution in [-0.4, -0.2) is 17.5 Å². The summed E-state index contributed by atoms with van der Waals surface area (Å²) in [6, 6.07) is 11.7. The van der Waals surface area contributed by atoms with Crippen molar-refractivity contribution in [1.82, 2.24) is 0 Å². The molecule has 0 saturated heterocycles. The maximum absolute atomic E-state index is 13.3. The lowest BCUT2D eigenvalue weighted by Crippen LogP contribution is -2.49. The number of benzene rings is 2. The van der Waals surface area contributed by atoms with E-state index in [1.807, 2.05) is 77.9 Å². The topological polar surface area (TPSA) is 52.6 Å². The molecular formula is C27H31ClO4. The summed E-state index contributed by atoms with van der Waals surface area (Å²) in [7, 11) is 0. The molecule has 5 heteroatoms. The number of halogens is 1. The monoisotopic (exact) mass is 454 g/mol. The first-order chi connectivity index (χ1) is 14.8. The van der Waals surface area contributed by atoms with E-state index in [0.29, 0.717) is 16.4 Å². The van der Waals surface area contributed by atoms with E-state index in [2.05, 4.69) is 0 Å². The van der Waals surface area contributed by atoms with Crippen LogP contribution in [-0.2, 0) is 19.1 Å². The van der Waals surface area contributed by atoms with Crippen LogP contribution in [0.3, 0.4) is 0 Å². The number of carbonyl (C=O) groups is 2. The lowest BCUT2D eigenvalue weighted by molar-refractivity contribution is -0.168. The summed E-state index contributed by atoms with van der Waals surface area (Å²) in [5.74, 6) is -0.812. The minimum absolute atomic E-state index is 0.320. The molecule has 1 aliphatic heterocycles. The number of esters is 2. The molecule has 0 aliphatic carbocycles. The molecular weight excluding hydrogens is 424 g/mol. The van der Waals surface area contributed by atoms with Crippen molar-refractivity contribution in [2.75, 3.05) is 0 Å². The Morgan fingerprint density at radius 2 is 1.50 bits per heavy atom. The Hall–Kier alpha value is -2.59. The molecule has 0 bridgehead atoms. The molecule has 0 fully saturated rings. The Labute approximate surface area is 195 Å². The van der Waals surface area contributed by atoms with Gasteiger partial charge in [0.25, 0.3) is 0 Å². The van der Waals surface area contributed by atoms with E-state index in [4.69, 9.17) is 21.1 Å². The summed E-state index contributed by atoms with van der Waals surface area (Å²) in [4.78, 5) is 25.9. The second-order valence-electron chi connectivity index (χ2n) is 9.80. The highest BCUT2D eigenvalue weighted by molar-refractivity contribution is 6.30. The number of cyclic esters (lactones) is 1. The van der Waals surface area contributed by atoms with Gasteiger partial charge in [-0.25, -0.2) is 4.79 Å². The van der Waals surface area contributed by atoms with Gasteiger partial charge in [-0.3, -0.25) is 4.79 Å². The molecule has 2 aromatic carbocycles. The molecule has 0 saturated carbocycles. The maximum atomic E-state index is 13.3. The molecule has 0 N–H and O–H groups in total. The van der Waals surface area contributed by atoms with Crippen molar-refractivity contribution in [3.63, 3.8) is 0 Å². The average Bonchev–Trinajstić information content (AvgIpc) is 2.67. The number of ether oxygens (including phenoxy) is 2. The Morgan fingerprint density at radius 3 is 2.00 bits per heavy atom. The van der Waals surface area contributed by atoms with Gasteiger partial charge in [-0.2, -0.15) is 0 Å². The molecule has 2 aromatic rings. The normalized spacial score (nSPS) is 17.4. The third kappa shape index (κ3) is 4.21. The first-order valence-electron chi connectivity index (χ1n) is 10.8. The third-order valence-electron chi connectivity index (χ3n) is 6.49. The summed E-state index contributed by atoms with van der Waals surface area (Å²) in [5, 5.41) is 0.676. The number of carbonyl (C=O) groups excluding carboxylic acids is 2. The van der Waals surface area contributed by atoms with Crippen molar-refractivity contribution in [3.8, 4) is 11.1 Å². The predicted octanol–water partition coefficient (Wildman–Crippen LogP) is 6.90. The van der Waals surface area contributed by atoms with Crippen molar-refractivity contribution in [2.45, 2.75) is 61.0 Å². The molecule has 4 nitrogen and oxygen atoms in total. The van der Waals surface area contributed by atoms with Crippen molar-refractivity contribution < 1.29 is 19.1 Å². The lowest BCUT2D eigenvalue weighted by atomic mass is 9.71. The molecule has 1 heterocycles. The van der Waals surface area contributed by atoms with Crippen molar-refractivity contribution in [1.29, 1.82) is 0 Å². The fraction of sp³-hybridized carbons (Fsp3) is 0.407. The Morgan fingerprint density at radius 1 is 0.969 bits per heavy atom. The zero-order valence-electron chi connectivity index (χ0n) is 20.1. The third-order valence-corrected chi connectivity index (χ3v) is 6.74. The second-order valence-corrected chi connectivity index (χ2v) is 10.2. The highest BCUT2D eigenvalue weighted by Crippen LogP contribution is 2.49. The summed E-state index contributed by atoms with van der Waals surface area (Å²) in [5.41, 5.74) is 3.35. The molecule has 0 atom stereocenters. The number of hydrogen-bond donors (Lipinski definition) is 0. The van der Waals surface area contributed by atoms with E-state index in [1.165, 1.54) is 0 Å². The van der Waals surface area contributed by atoms with Crippen LogP contribution in [0.25, 0.3) is 16.7 Å². The van der Waals surface area contributed by atoms with Crippen molar-refractivity contribution in [2.24, 2.45) is 11.3 Å². The van der Waals surface area contributed by atoms with Gasteiger partial charge in [0.2, 0.25) is 0 Å². The van der Waals surface area contributed by atoms with Gasteiger partial charge in [0.15, 0.2) is 0 Å². The Kier molecular flexibility index (Phi) is 6.32. The molecule has 0 spiro atoms. The van der Waals surface area contributed by atoms with E-state index in [9.17, 15) is 9.59 Å². The van der Waals surface area contributed by atoms with Gasteiger partial charge in [0, 0.05) is 5.02 Å². The second kappa shape index (κ2) is 8.40. The molecule has 3 rings (SSSR count). The number of hydrogen-bond acceptors (Lipinski definition) is 4. The van der Waals surface area contributed by atoms with Crippen molar-refractivity contribution >= 4 is 29.1 Å². The van der Waals surface area contributed by atoms with Gasteiger partial charge in [-0.15, -0.1) is 0 Å². The summed E-state index contributed by atoms with van der Waals surface area (Å²) < 4.78 is 11.8. The minimum Gasteiger partial charge on any atom is -0.455 e. The van der Waals surface area contributed by atoms with E-state index in [0.717, 1.165) is 27.8 Å². The van der Waals surface area contributed by atoms with Crippen LogP contribution in [0.5, 0.6) is 0 Å². The van der Waals surface area contributed by atoms with Gasteiger partial charge in [-0.1, -0.05) is 49.7 Å². The summed E-state index contributed by atoms with van der Waals surface area (Å²) in [6.45, 7) is 15.0. The highest BCUT2D eigenvalue weighted by atomic mass is 35.5. The molecule has 32 heavy (non-hydrogen) atoms. The van der Waals surface area contributed by atoms with E-state index >= 15 is 0 Å². The van der Waals surface area contributed by atoms with Crippen LogP contribution in [0.4, 0.5) is 0 Å². The summed E-state index contributed by atoms with van der Waals surface area (Å²) >= 11 is 6.04. The van der Waals surface area contributed by atoms with Crippen LogP contribution in [0.1, 0.15) is 58.2 Å². The first kappa shape index (κ1) is 24.1. The van der Waals surface area contributed by atoms with Gasteiger partial charge < -0.3 is 9.47 Å². The van der Waals surface area contributed by atoms with E-state index in [1.54, 1.807) is 13.8 Å². The quantitative estimate of drug-likeness (QED) is 0.471. The van der Waals surface area contributed by atoms with Crippen LogP contribution in [0.15, 0.2) is 42.2 Å². The largest absolute Gasteiger partial charge is 0.455 e. The fourth-order valence-electron chi connectivity index (χ4n) is 3.87.